The Balaban J connectivity index is 3.13. The van der Waals surface area contributed by atoms with Crippen LogP contribution in [0.1, 0.15) is 32.8 Å². The molecule has 0 spiro atoms. The summed E-state index contributed by atoms with van der Waals surface area (Å²) in [6.07, 6.45) is 0.817. The maximum atomic E-state index is 14.1. The Hall–Kier alpha value is -1.85. The number of amidine groups is 1. The van der Waals surface area contributed by atoms with E-state index in [0.29, 0.717) is 5.92 Å². The number of hydrogen-bond donors (Lipinski definition) is 2. The Morgan fingerprint density at radius 2 is 1.80 bits per heavy atom. The van der Waals surface area contributed by atoms with Crippen molar-refractivity contribution in [2.24, 2.45) is 16.8 Å². The number of hydrogen-bond acceptors (Lipinski definition) is 3. The van der Waals surface area contributed by atoms with E-state index in [-0.39, 0.29) is 23.1 Å². The molecule has 0 saturated carbocycles. The minimum absolute atomic E-state index is 0.00583. The molecular formula is C14H21F2N3O. The van der Waals surface area contributed by atoms with E-state index >= 15 is 0 Å². The van der Waals surface area contributed by atoms with Gasteiger partial charge in [0.15, 0.2) is 5.84 Å². The van der Waals surface area contributed by atoms with Gasteiger partial charge in [-0.1, -0.05) is 19.0 Å². The number of nitrogens with zero attached hydrogens (tertiary/aromatic N) is 2. The predicted octanol–water partition coefficient (Wildman–Crippen LogP) is 2.93. The average Bonchev–Trinajstić information content (AvgIpc) is 2.35. The van der Waals surface area contributed by atoms with Crippen molar-refractivity contribution < 1.29 is 14.0 Å². The summed E-state index contributed by atoms with van der Waals surface area (Å²) in [6, 6.07) is 2.12. The molecule has 1 aromatic rings. The molecule has 1 rings (SSSR count). The Morgan fingerprint density at radius 3 is 2.20 bits per heavy atom. The van der Waals surface area contributed by atoms with E-state index < -0.39 is 11.6 Å². The van der Waals surface area contributed by atoms with Crippen molar-refractivity contribution >= 4 is 11.5 Å². The molecule has 0 saturated heterocycles. The van der Waals surface area contributed by atoms with Crippen LogP contribution in [-0.4, -0.2) is 24.1 Å². The zero-order valence-electron chi connectivity index (χ0n) is 12.2. The van der Waals surface area contributed by atoms with Crippen LogP contribution in [0.3, 0.4) is 0 Å². The largest absolute Gasteiger partial charge is 0.409 e. The van der Waals surface area contributed by atoms with E-state index in [1.54, 1.807) is 11.9 Å². The van der Waals surface area contributed by atoms with Crippen molar-refractivity contribution in [3.05, 3.63) is 29.3 Å². The third-order valence-electron chi connectivity index (χ3n) is 3.25. The lowest BCUT2D eigenvalue weighted by Crippen LogP contribution is -2.31. The Bertz CT molecular complexity index is 480. The van der Waals surface area contributed by atoms with Crippen LogP contribution in [0.15, 0.2) is 17.3 Å². The first kappa shape index (κ1) is 16.2. The topological polar surface area (TPSA) is 61.8 Å². The van der Waals surface area contributed by atoms with Gasteiger partial charge in [0.1, 0.15) is 17.3 Å². The molecule has 4 nitrogen and oxygen atoms in total. The summed E-state index contributed by atoms with van der Waals surface area (Å²) in [6.45, 7) is 6.02. The van der Waals surface area contributed by atoms with Crippen LogP contribution >= 0.6 is 0 Å². The average molecular weight is 285 g/mol. The fourth-order valence-electron chi connectivity index (χ4n) is 2.17. The summed E-state index contributed by atoms with van der Waals surface area (Å²) >= 11 is 0. The zero-order chi connectivity index (χ0) is 15.4. The van der Waals surface area contributed by atoms with Crippen molar-refractivity contribution in [3.63, 3.8) is 0 Å². The molecule has 3 N–H and O–H groups in total. The smallest absolute Gasteiger partial charge is 0.170 e. The van der Waals surface area contributed by atoms with Crippen LogP contribution in [0.5, 0.6) is 0 Å². The van der Waals surface area contributed by atoms with Crippen LogP contribution in [0, 0.1) is 17.6 Å². The fourth-order valence-corrected chi connectivity index (χ4v) is 2.17. The molecule has 0 amide bonds. The number of halogens is 2. The number of nitrogens with two attached hydrogens (primary N) is 1. The molecule has 0 aromatic heterocycles. The molecule has 0 fully saturated rings. The molecule has 0 radical (unpaired) electrons. The molecule has 20 heavy (non-hydrogen) atoms. The second-order valence-corrected chi connectivity index (χ2v) is 5.36. The van der Waals surface area contributed by atoms with Gasteiger partial charge < -0.3 is 15.8 Å². The Morgan fingerprint density at radius 1 is 1.30 bits per heavy atom. The predicted molar refractivity (Wildman–Crippen MR) is 76.2 cm³/mol. The first-order valence-corrected chi connectivity index (χ1v) is 6.47. The van der Waals surface area contributed by atoms with Crippen molar-refractivity contribution in [2.45, 2.75) is 33.2 Å². The van der Waals surface area contributed by atoms with Crippen molar-refractivity contribution in [3.8, 4) is 0 Å². The molecular weight excluding hydrogens is 264 g/mol. The highest BCUT2D eigenvalue weighted by Gasteiger charge is 2.20. The third-order valence-corrected chi connectivity index (χ3v) is 3.25. The molecule has 1 aromatic carbocycles. The van der Waals surface area contributed by atoms with Gasteiger partial charge in [-0.15, -0.1) is 0 Å². The van der Waals surface area contributed by atoms with E-state index in [0.717, 1.165) is 18.6 Å². The van der Waals surface area contributed by atoms with E-state index in [1.165, 1.54) is 0 Å². The normalized spacial score (nSPS) is 13.7. The van der Waals surface area contributed by atoms with Gasteiger partial charge >= 0.3 is 0 Å². The Kier molecular flexibility index (Phi) is 5.30. The van der Waals surface area contributed by atoms with Crippen LogP contribution in [0.25, 0.3) is 0 Å². The molecule has 1 atom stereocenters. The molecule has 0 aliphatic heterocycles. The molecule has 112 valence electrons. The maximum Gasteiger partial charge on any atom is 0.170 e. The highest BCUT2D eigenvalue weighted by Crippen LogP contribution is 2.27. The second-order valence-electron chi connectivity index (χ2n) is 5.36. The van der Waals surface area contributed by atoms with Gasteiger partial charge in [0.05, 0.1) is 0 Å². The fraction of sp³-hybridized carbons (Fsp3) is 0.500. The summed E-state index contributed by atoms with van der Waals surface area (Å²) in [5.74, 6) is -1.36. The van der Waals surface area contributed by atoms with Crippen molar-refractivity contribution in [1.82, 2.24) is 0 Å². The van der Waals surface area contributed by atoms with Crippen LogP contribution in [0.2, 0.25) is 0 Å². The van der Waals surface area contributed by atoms with Gasteiger partial charge in [-0.25, -0.2) is 8.78 Å². The molecule has 0 aliphatic rings. The third kappa shape index (κ3) is 3.59. The summed E-state index contributed by atoms with van der Waals surface area (Å²) in [4.78, 5) is 1.57. The van der Waals surface area contributed by atoms with E-state index in [4.69, 9.17) is 10.9 Å². The minimum Gasteiger partial charge on any atom is -0.409 e. The molecule has 0 heterocycles. The number of anilines is 1. The number of rotatable bonds is 5. The second kappa shape index (κ2) is 6.54. The quantitative estimate of drug-likeness (QED) is 0.378. The van der Waals surface area contributed by atoms with Gasteiger partial charge in [0.25, 0.3) is 0 Å². The van der Waals surface area contributed by atoms with Crippen LogP contribution in [0.4, 0.5) is 14.5 Å². The van der Waals surface area contributed by atoms with Gasteiger partial charge in [0.2, 0.25) is 0 Å². The van der Waals surface area contributed by atoms with Gasteiger partial charge in [-0.05, 0) is 31.4 Å². The lowest BCUT2D eigenvalue weighted by molar-refractivity contribution is 0.318. The number of oxime groups is 1. The van der Waals surface area contributed by atoms with Crippen LogP contribution < -0.4 is 10.6 Å². The zero-order valence-corrected chi connectivity index (χ0v) is 12.2. The summed E-state index contributed by atoms with van der Waals surface area (Å²) in [5.41, 5.74) is 5.24. The monoisotopic (exact) mass is 285 g/mol. The molecule has 6 heteroatoms. The van der Waals surface area contributed by atoms with Gasteiger partial charge in [-0.3, -0.25) is 0 Å². The first-order chi connectivity index (χ1) is 9.27. The highest BCUT2D eigenvalue weighted by molar-refractivity contribution is 5.97. The lowest BCUT2D eigenvalue weighted by Gasteiger charge is -2.29. The van der Waals surface area contributed by atoms with E-state index in [1.807, 2.05) is 6.92 Å². The lowest BCUT2D eigenvalue weighted by atomic mass is 10.0. The SMILES string of the molecule is CC(C)CC(C)N(C)c1c(F)cc(C(N)=NO)cc1F. The standard InChI is InChI=1S/C14H21F2N3O/c1-8(2)5-9(3)19(4)13-11(15)6-10(7-12(13)16)14(17)18-20/h6-9,20H,5H2,1-4H3,(H2,17,18). The van der Waals surface area contributed by atoms with Crippen molar-refractivity contribution in [1.29, 1.82) is 0 Å². The van der Waals surface area contributed by atoms with Crippen molar-refractivity contribution in [2.75, 3.05) is 11.9 Å². The Labute approximate surface area is 117 Å². The summed E-state index contributed by atoms with van der Waals surface area (Å²) in [7, 11) is 1.65. The number of benzene rings is 1. The maximum absolute atomic E-state index is 14.1. The molecule has 0 bridgehead atoms. The van der Waals surface area contributed by atoms with E-state index in [2.05, 4.69) is 19.0 Å². The molecule has 1 unspecified atom stereocenters. The molecule has 0 aliphatic carbocycles. The highest BCUT2D eigenvalue weighted by atomic mass is 19.1. The van der Waals surface area contributed by atoms with E-state index in [9.17, 15) is 8.78 Å². The van der Waals surface area contributed by atoms with Gasteiger partial charge in [0, 0.05) is 18.7 Å². The first-order valence-electron chi connectivity index (χ1n) is 6.47. The van der Waals surface area contributed by atoms with Gasteiger partial charge in [-0.2, -0.15) is 0 Å². The summed E-state index contributed by atoms with van der Waals surface area (Å²) in [5, 5.41) is 11.3. The van der Waals surface area contributed by atoms with Crippen LogP contribution in [-0.2, 0) is 0 Å². The summed E-state index contributed by atoms with van der Waals surface area (Å²) < 4.78 is 28.2. The minimum atomic E-state index is -0.732.